The summed E-state index contributed by atoms with van der Waals surface area (Å²) in [6.07, 6.45) is 1.71. The number of nitro groups is 1. The van der Waals surface area contributed by atoms with Gasteiger partial charge in [-0.15, -0.1) is 0 Å². The third-order valence-corrected chi connectivity index (χ3v) is 4.68. The van der Waals surface area contributed by atoms with Gasteiger partial charge in [0.05, 0.1) is 18.1 Å². The van der Waals surface area contributed by atoms with Gasteiger partial charge in [-0.2, -0.15) is 10.5 Å². The maximum Gasteiger partial charge on any atom is 0.258 e. The monoisotopic (exact) mass is 329 g/mol. The van der Waals surface area contributed by atoms with Crippen LogP contribution in [0, 0.1) is 45.1 Å². The molecule has 5 nitrogen and oxygen atoms in total. The van der Waals surface area contributed by atoms with Crippen LogP contribution in [-0.2, 0) is 0 Å². The van der Waals surface area contributed by atoms with Crippen LogP contribution in [-0.4, -0.2) is 11.0 Å². The molecule has 2 aromatic carbocycles. The summed E-state index contributed by atoms with van der Waals surface area (Å²) in [5.41, 5.74) is 1.01. The second-order valence-electron chi connectivity index (χ2n) is 6.14. The van der Waals surface area contributed by atoms with Crippen molar-refractivity contribution in [2.45, 2.75) is 18.9 Å². The molecule has 0 amide bonds. The topological polar surface area (TPSA) is 90.7 Å². The van der Waals surface area contributed by atoms with E-state index in [1.165, 1.54) is 0 Å². The van der Waals surface area contributed by atoms with E-state index in [2.05, 4.69) is 0 Å². The van der Waals surface area contributed by atoms with Crippen molar-refractivity contribution in [3.63, 3.8) is 0 Å². The maximum absolute atomic E-state index is 11.8. The van der Waals surface area contributed by atoms with Crippen LogP contribution >= 0.6 is 0 Å². The van der Waals surface area contributed by atoms with E-state index in [0.29, 0.717) is 11.1 Å². The highest BCUT2D eigenvalue weighted by Crippen LogP contribution is 2.51. The van der Waals surface area contributed by atoms with Gasteiger partial charge in [0.2, 0.25) is 5.41 Å². The quantitative estimate of drug-likeness (QED) is 0.631. The first-order chi connectivity index (χ1) is 12.0. The van der Waals surface area contributed by atoms with E-state index in [1.807, 2.05) is 37.3 Å². The van der Waals surface area contributed by atoms with Gasteiger partial charge in [0, 0.05) is 4.92 Å². The first kappa shape index (κ1) is 16.4. The third-order valence-electron chi connectivity index (χ3n) is 4.68. The summed E-state index contributed by atoms with van der Waals surface area (Å²) < 4.78 is 0. The number of hydrogen-bond donors (Lipinski definition) is 0. The van der Waals surface area contributed by atoms with E-state index in [-0.39, 0.29) is 0 Å². The van der Waals surface area contributed by atoms with E-state index in [1.54, 1.807) is 42.5 Å². The summed E-state index contributed by atoms with van der Waals surface area (Å²) in [6, 6.07) is 18.9. The molecule has 0 fully saturated rings. The Morgan fingerprint density at radius 1 is 1.04 bits per heavy atom. The second kappa shape index (κ2) is 6.22. The van der Waals surface area contributed by atoms with Crippen LogP contribution in [0.2, 0.25) is 0 Å². The summed E-state index contributed by atoms with van der Waals surface area (Å²) in [7, 11) is 0. The van der Waals surface area contributed by atoms with Crippen LogP contribution in [0.5, 0.6) is 0 Å². The number of nitrogens with zero attached hydrogens (tertiary/aromatic N) is 3. The average Bonchev–Trinajstić information content (AvgIpc) is 2.99. The molecule has 1 aliphatic carbocycles. The lowest BCUT2D eigenvalue weighted by molar-refractivity contribution is -0.532. The van der Waals surface area contributed by atoms with Gasteiger partial charge < -0.3 is 0 Å². The maximum atomic E-state index is 11.8. The van der Waals surface area contributed by atoms with Crippen LogP contribution in [0.1, 0.15) is 22.6 Å². The predicted molar refractivity (Wildman–Crippen MR) is 92.8 cm³/mol. The molecule has 25 heavy (non-hydrogen) atoms. The summed E-state index contributed by atoms with van der Waals surface area (Å²) in [5.74, 6) is -0.633. The molecule has 0 aliphatic heterocycles. The zero-order chi connectivity index (χ0) is 18.0. The van der Waals surface area contributed by atoms with Gasteiger partial charge in [-0.1, -0.05) is 66.2 Å². The molecular weight excluding hydrogens is 314 g/mol. The van der Waals surface area contributed by atoms with Gasteiger partial charge >= 0.3 is 0 Å². The molecule has 0 aromatic heterocycles. The van der Waals surface area contributed by atoms with Crippen molar-refractivity contribution in [1.29, 1.82) is 10.5 Å². The molecule has 3 rings (SSSR count). The Labute approximate surface area is 145 Å². The van der Waals surface area contributed by atoms with Gasteiger partial charge in [-0.25, -0.2) is 0 Å². The zero-order valence-electron chi connectivity index (χ0n) is 13.6. The minimum atomic E-state index is -1.82. The van der Waals surface area contributed by atoms with Gasteiger partial charge in [0.25, 0.3) is 6.04 Å². The fourth-order valence-corrected chi connectivity index (χ4v) is 3.41. The molecular formula is C20H15N3O2. The Kier molecular flexibility index (Phi) is 4.09. The summed E-state index contributed by atoms with van der Waals surface area (Å²) in [6.45, 7) is 1.93. The molecule has 0 radical (unpaired) electrons. The first-order valence-corrected chi connectivity index (χ1v) is 7.84. The fraction of sp³-hybridized carbons (Fsp3) is 0.200. The van der Waals surface area contributed by atoms with Crippen LogP contribution in [0.3, 0.4) is 0 Å². The number of benzene rings is 2. The highest BCUT2D eigenvalue weighted by Gasteiger charge is 2.60. The van der Waals surface area contributed by atoms with Crippen molar-refractivity contribution in [2.75, 3.05) is 0 Å². The van der Waals surface area contributed by atoms with Crippen LogP contribution in [0.15, 0.2) is 60.7 Å². The SMILES string of the molecule is Cc1ccc(C2=CC(c3ccccc3)C([N+](=O)[O-])C2(C#N)C#N)cc1. The molecule has 2 atom stereocenters. The molecule has 0 spiro atoms. The smallest absolute Gasteiger partial charge is 0.258 e. The van der Waals surface area contributed by atoms with Crippen molar-refractivity contribution in [3.05, 3.63) is 87.5 Å². The van der Waals surface area contributed by atoms with Gasteiger partial charge in [-0.3, -0.25) is 10.1 Å². The van der Waals surface area contributed by atoms with Crippen molar-refractivity contribution in [1.82, 2.24) is 0 Å². The van der Waals surface area contributed by atoms with Crippen molar-refractivity contribution in [3.8, 4) is 12.1 Å². The average molecular weight is 329 g/mol. The van der Waals surface area contributed by atoms with Gasteiger partial charge in [-0.05, 0) is 23.6 Å². The molecule has 0 bridgehead atoms. The minimum Gasteiger partial charge on any atom is -0.264 e. The second-order valence-corrected chi connectivity index (χ2v) is 6.14. The standard InChI is InChI=1S/C20H15N3O2/c1-14-7-9-16(10-8-14)18-11-17(15-5-3-2-4-6-15)19(23(24)25)20(18,12-21)13-22/h2-11,17,19H,1H3. The lowest BCUT2D eigenvalue weighted by Crippen LogP contribution is -2.39. The zero-order valence-corrected chi connectivity index (χ0v) is 13.6. The molecule has 1 aliphatic rings. The van der Waals surface area contributed by atoms with E-state index in [0.717, 1.165) is 11.1 Å². The van der Waals surface area contributed by atoms with E-state index in [9.17, 15) is 20.6 Å². The van der Waals surface area contributed by atoms with Crippen molar-refractivity contribution >= 4 is 5.57 Å². The largest absolute Gasteiger partial charge is 0.264 e. The number of rotatable bonds is 3. The number of hydrogen-bond acceptors (Lipinski definition) is 4. The molecule has 122 valence electrons. The van der Waals surface area contributed by atoms with Gasteiger partial charge in [0.15, 0.2) is 0 Å². The lowest BCUT2D eigenvalue weighted by Gasteiger charge is -2.22. The van der Waals surface area contributed by atoms with Crippen molar-refractivity contribution < 1.29 is 4.92 Å². The normalized spacial score (nSPS) is 21.0. The molecule has 2 unspecified atom stereocenters. The molecule has 0 saturated heterocycles. The number of aryl methyl sites for hydroxylation is 1. The molecule has 0 N–H and O–H groups in total. The summed E-state index contributed by atoms with van der Waals surface area (Å²) in [5, 5.41) is 31.4. The summed E-state index contributed by atoms with van der Waals surface area (Å²) in [4.78, 5) is 11.3. The van der Waals surface area contributed by atoms with E-state index in [4.69, 9.17) is 0 Å². The van der Waals surface area contributed by atoms with Gasteiger partial charge in [0.1, 0.15) is 0 Å². The van der Waals surface area contributed by atoms with Crippen molar-refractivity contribution in [2.24, 2.45) is 5.41 Å². The Morgan fingerprint density at radius 2 is 1.64 bits per heavy atom. The third kappa shape index (κ3) is 2.56. The predicted octanol–water partition coefficient (Wildman–Crippen LogP) is 3.85. The van der Waals surface area contributed by atoms with Crippen LogP contribution in [0.25, 0.3) is 5.57 Å². The molecule has 2 aromatic rings. The molecule has 5 heteroatoms. The highest BCUT2D eigenvalue weighted by atomic mass is 16.6. The van der Waals surface area contributed by atoms with E-state index >= 15 is 0 Å². The summed E-state index contributed by atoms with van der Waals surface area (Å²) >= 11 is 0. The first-order valence-electron chi connectivity index (χ1n) is 7.84. The molecule has 0 heterocycles. The Hall–Kier alpha value is -3.44. The van der Waals surface area contributed by atoms with Crippen LogP contribution < -0.4 is 0 Å². The minimum absolute atomic E-state index is 0.410. The molecule has 0 saturated carbocycles. The Bertz CT molecular complexity index is 904. The lowest BCUT2D eigenvalue weighted by atomic mass is 9.75. The van der Waals surface area contributed by atoms with E-state index < -0.39 is 22.3 Å². The Morgan fingerprint density at radius 3 is 2.16 bits per heavy atom. The number of nitriles is 2. The highest BCUT2D eigenvalue weighted by molar-refractivity contribution is 5.80. The Balaban J connectivity index is 2.23. The fourth-order valence-electron chi connectivity index (χ4n) is 3.41. The van der Waals surface area contributed by atoms with Crippen LogP contribution in [0.4, 0.5) is 0 Å².